The molecule has 0 aromatic carbocycles. The summed E-state index contributed by atoms with van der Waals surface area (Å²) in [5.41, 5.74) is 6.38. The number of hydrogen-bond donors (Lipinski definition) is 1. The molecule has 0 spiro atoms. The molecule has 1 saturated carbocycles. The van der Waals surface area contributed by atoms with Crippen LogP contribution in [0.4, 0.5) is 0 Å². The molecule has 0 aromatic rings. The van der Waals surface area contributed by atoms with E-state index in [9.17, 15) is 9.59 Å². The van der Waals surface area contributed by atoms with Crippen LogP contribution in [0, 0.1) is 11.8 Å². The van der Waals surface area contributed by atoms with E-state index in [-0.39, 0.29) is 17.9 Å². The van der Waals surface area contributed by atoms with E-state index in [4.69, 9.17) is 5.73 Å². The van der Waals surface area contributed by atoms with Gasteiger partial charge in [0.15, 0.2) is 0 Å². The molecule has 2 atom stereocenters. The van der Waals surface area contributed by atoms with Crippen molar-refractivity contribution in [3.8, 4) is 0 Å². The fraction of sp³-hybridized carbons (Fsp3) is 0.923. The average molecular weight is 479 g/mol. The second-order valence-corrected chi connectivity index (χ2v) is 11.0. The smallest absolute Gasteiger partial charge is 0.239 e. The van der Waals surface area contributed by atoms with E-state index in [2.05, 4.69) is 35.7 Å². The zero-order chi connectivity index (χ0) is 24.5. The van der Waals surface area contributed by atoms with Crippen LogP contribution in [0.15, 0.2) is 0 Å². The molecule has 0 bridgehead atoms. The van der Waals surface area contributed by atoms with Crippen LogP contribution in [0.25, 0.3) is 0 Å². The van der Waals surface area contributed by atoms with Crippen LogP contribution in [-0.2, 0) is 9.59 Å². The predicted octanol–water partition coefficient (Wildman–Crippen LogP) is 1.16. The van der Waals surface area contributed by atoms with Crippen LogP contribution in [0.1, 0.15) is 51.9 Å². The van der Waals surface area contributed by atoms with Crippen LogP contribution in [0.5, 0.6) is 0 Å². The van der Waals surface area contributed by atoms with E-state index in [1.165, 1.54) is 19.3 Å². The van der Waals surface area contributed by atoms with Crippen LogP contribution >= 0.6 is 0 Å². The summed E-state index contributed by atoms with van der Waals surface area (Å²) in [5, 5.41) is 0. The fourth-order valence-electron chi connectivity index (χ4n) is 5.71. The van der Waals surface area contributed by atoms with Gasteiger partial charge in [-0.3, -0.25) is 19.4 Å². The lowest BCUT2D eigenvalue weighted by molar-refractivity contribution is -0.136. The molecule has 3 rings (SSSR count). The largest absolute Gasteiger partial charge is 0.339 e. The Balaban J connectivity index is 1.33. The number of hydrogen-bond acceptors (Lipinski definition) is 6. The summed E-state index contributed by atoms with van der Waals surface area (Å²) in [5.74, 6) is 1.43. The summed E-state index contributed by atoms with van der Waals surface area (Å²) in [6, 6.07) is -0.306. The Hall–Kier alpha value is -1.22. The third kappa shape index (κ3) is 8.18. The Morgan fingerprint density at radius 3 is 2.18 bits per heavy atom. The second-order valence-electron chi connectivity index (χ2n) is 11.0. The fourth-order valence-corrected chi connectivity index (χ4v) is 5.71. The Kier molecular flexibility index (Phi) is 11.1. The van der Waals surface area contributed by atoms with Gasteiger partial charge in [0.1, 0.15) is 0 Å². The first kappa shape index (κ1) is 27.4. The van der Waals surface area contributed by atoms with Crippen molar-refractivity contribution in [2.24, 2.45) is 17.6 Å². The number of carbonyl (C=O) groups excluding carboxylic acids is 2. The molecule has 8 heteroatoms. The Bertz CT molecular complexity index is 625. The summed E-state index contributed by atoms with van der Waals surface area (Å²) in [4.78, 5) is 36.5. The van der Waals surface area contributed by atoms with Crippen molar-refractivity contribution in [3.05, 3.63) is 0 Å². The van der Waals surface area contributed by atoms with Gasteiger partial charge < -0.3 is 20.4 Å². The summed E-state index contributed by atoms with van der Waals surface area (Å²) in [6.45, 7) is 11.9. The van der Waals surface area contributed by atoms with Crippen LogP contribution in [-0.4, -0.2) is 128 Å². The third-order valence-corrected chi connectivity index (χ3v) is 8.40. The summed E-state index contributed by atoms with van der Waals surface area (Å²) < 4.78 is 0. The zero-order valence-electron chi connectivity index (χ0n) is 22.1. The predicted molar refractivity (Wildman–Crippen MR) is 138 cm³/mol. The average Bonchev–Trinajstić information content (AvgIpc) is 2.87. The van der Waals surface area contributed by atoms with Gasteiger partial charge in [0.25, 0.3) is 0 Å². The monoisotopic (exact) mass is 478 g/mol. The normalized spacial score (nSPS) is 23.3. The number of rotatable bonds is 10. The number of amides is 2. The van der Waals surface area contributed by atoms with E-state index in [0.29, 0.717) is 18.4 Å². The molecule has 0 radical (unpaired) electrons. The Morgan fingerprint density at radius 2 is 1.56 bits per heavy atom. The van der Waals surface area contributed by atoms with Gasteiger partial charge in [-0.1, -0.05) is 32.6 Å². The first-order valence-electron chi connectivity index (χ1n) is 13.8. The molecule has 196 valence electrons. The highest BCUT2D eigenvalue weighted by Gasteiger charge is 2.31. The summed E-state index contributed by atoms with van der Waals surface area (Å²) in [7, 11) is 4.18. The van der Waals surface area contributed by atoms with Crippen LogP contribution < -0.4 is 5.73 Å². The number of nitrogens with two attached hydrogens (primary N) is 1. The molecule has 8 nitrogen and oxygen atoms in total. The Labute approximate surface area is 207 Å². The molecule has 2 saturated heterocycles. The van der Waals surface area contributed by atoms with Gasteiger partial charge in [0.05, 0.1) is 12.6 Å². The van der Waals surface area contributed by atoms with Gasteiger partial charge >= 0.3 is 0 Å². The van der Waals surface area contributed by atoms with Gasteiger partial charge in [0, 0.05) is 58.9 Å². The molecule has 2 unspecified atom stereocenters. The third-order valence-electron chi connectivity index (χ3n) is 8.40. The maximum atomic E-state index is 12.9. The van der Waals surface area contributed by atoms with Gasteiger partial charge in [-0.2, -0.15) is 0 Å². The van der Waals surface area contributed by atoms with Crippen molar-refractivity contribution in [2.45, 2.75) is 57.9 Å². The maximum absolute atomic E-state index is 12.9. The second kappa shape index (κ2) is 13.8. The van der Waals surface area contributed by atoms with E-state index < -0.39 is 0 Å². The lowest BCUT2D eigenvalue weighted by atomic mass is 9.83. The van der Waals surface area contributed by atoms with Gasteiger partial charge in [0.2, 0.25) is 11.8 Å². The van der Waals surface area contributed by atoms with Gasteiger partial charge in [-0.25, -0.2) is 0 Å². The van der Waals surface area contributed by atoms with Crippen molar-refractivity contribution in [3.63, 3.8) is 0 Å². The number of nitrogens with zero attached hydrogens (tertiary/aromatic N) is 5. The standard InChI is InChI=1S/C26H50N6O2/c1-4-22(10-11-29(3)21-24(33)31-16-12-28(2)13-17-31)20-30-14-18-32(19-15-30)26(34)25(27)23-8-6-5-7-9-23/h22-23,25H,4-21,27H2,1-3H3. The lowest BCUT2D eigenvalue weighted by Crippen LogP contribution is -2.55. The molecule has 1 aliphatic carbocycles. The topological polar surface area (TPSA) is 76.4 Å². The minimum Gasteiger partial charge on any atom is -0.339 e. The molecule has 2 heterocycles. The minimum atomic E-state index is -0.306. The van der Waals surface area contributed by atoms with Crippen LogP contribution in [0.3, 0.4) is 0 Å². The molecular formula is C26H50N6O2. The summed E-state index contributed by atoms with van der Waals surface area (Å²) in [6.07, 6.45) is 8.20. The quantitative estimate of drug-likeness (QED) is 0.508. The van der Waals surface area contributed by atoms with E-state index in [1.807, 2.05) is 9.80 Å². The lowest BCUT2D eigenvalue weighted by Gasteiger charge is -2.39. The number of carbonyl (C=O) groups is 2. The van der Waals surface area contributed by atoms with E-state index in [1.54, 1.807) is 0 Å². The molecule has 3 aliphatic rings. The summed E-state index contributed by atoms with van der Waals surface area (Å²) >= 11 is 0. The molecular weight excluding hydrogens is 428 g/mol. The first-order valence-corrected chi connectivity index (χ1v) is 13.8. The molecule has 0 aromatic heterocycles. The number of piperazine rings is 2. The minimum absolute atomic E-state index is 0.172. The van der Waals surface area contributed by atoms with Crippen molar-refractivity contribution in [1.29, 1.82) is 0 Å². The van der Waals surface area contributed by atoms with Crippen molar-refractivity contribution < 1.29 is 9.59 Å². The first-order chi connectivity index (χ1) is 16.4. The van der Waals surface area contributed by atoms with Crippen molar-refractivity contribution in [2.75, 3.05) is 86.1 Å². The molecule has 3 fully saturated rings. The molecule has 2 amide bonds. The molecule has 2 N–H and O–H groups in total. The van der Waals surface area contributed by atoms with Crippen LogP contribution in [0.2, 0.25) is 0 Å². The molecule has 2 aliphatic heterocycles. The van der Waals surface area contributed by atoms with Gasteiger partial charge in [-0.15, -0.1) is 0 Å². The highest BCUT2D eigenvalue weighted by molar-refractivity contribution is 5.82. The number of likely N-dealkylation sites (N-methyl/N-ethyl adjacent to an activating group) is 2. The van der Waals surface area contributed by atoms with Gasteiger partial charge in [-0.05, 0) is 51.7 Å². The highest BCUT2D eigenvalue weighted by atomic mass is 16.2. The zero-order valence-corrected chi connectivity index (χ0v) is 22.1. The van der Waals surface area contributed by atoms with E-state index >= 15 is 0 Å². The maximum Gasteiger partial charge on any atom is 0.239 e. The Morgan fingerprint density at radius 1 is 0.941 bits per heavy atom. The van der Waals surface area contributed by atoms with Crippen molar-refractivity contribution in [1.82, 2.24) is 24.5 Å². The molecule has 34 heavy (non-hydrogen) atoms. The highest BCUT2D eigenvalue weighted by Crippen LogP contribution is 2.26. The SMILES string of the molecule is CCC(CCN(C)CC(=O)N1CCN(C)CC1)CN1CCN(C(=O)C(N)C2CCCCC2)CC1. The van der Waals surface area contributed by atoms with E-state index in [0.717, 1.165) is 91.1 Å². The van der Waals surface area contributed by atoms with Crippen molar-refractivity contribution >= 4 is 11.8 Å².